The summed E-state index contributed by atoms with van der Waals surface area (Å²) in [5.41, 5.74) is 0. The number of carbonyl (C=O) groups is 1. The van der Waals surface area contributed by atoms with Crippen LogP contribution in [0.2, 0.25) is 0 Å². The lowest BCUT2D eigenvalue weighted by atomic mass is 10.1. The standard InChI is InChI=1S/C9H13FINO/c10-9(11)3-5-12(6-4-9)8(13)7-1-2-7/h7H,1-6H2. The molecule has 0 unspecified atom stereocenters. The van der Waals surface area contributed by atoms with Crippen LogP contribution in [0, 0.1) is 5.92 Å². The van der Waals surface area contributed by atoms with Gasteiger partial charge >= 0.3 is 0 Å². The Hall–Kier alpha value is 0.130. The summed E-state index contributed by atoms with van der Waals surface area (Å²) in [6.45, 7) is 1.21. The molecule has 4 heteroatoms. The number of nitrogens with zero attached hydrogens (tertiary/aromatic N) is 1. The number of rotatable bonds is 1. The van der Waals surface area contributed by atoms with Crippen LogP contribution in [0.5, 0.6) is 0 Å². The highest BCUT2D eigenvalue weighted by Crippen LogP contribution is 2.36. The van der Waals surface area contributed by atoms with E-state index in [4.69, 9.17) is 0 Å². The van der Waals surface area contributed by atoms with Crippen molar-refractivity contribution in [2.45, 2.75) is 29.4 Å². The van der Waals surface area contributed by atoms with Crippen LogP contribution in [0.25, 0.3) is 0 Å². The van der Waals surface area contributed by atoms with Crippen LogP contribution >= 0.6 is 22.6 Å². The second-order valence-electron chi connectivity index (χ2n) is 3.96. The van der Waals surface area contributed by atoms with E-state index in [0.29, 0.717) is 25.9 Å². The largest absolute Gasteiger partial charge is 0.342 e. The number of hydrogen-bond donors (Lipinski definition) is 0. The van der Waals surface area contributed by atoms with Crippen LogP contribution in [0.1, 0.15) is 25.7 Å². The van der Waals surface area contributed by atoms with E-state index in [9.17, 15) is 9.18 Å². The van der Waals surface area contributed by atoms with Gasteiger partial charge in [0, 0.05) is 31.8 Å². The third kappa shape index (κ3) is 2.33. The highest BCUT2D eigenvalue weighted by Gasteiger charge is 2.38. The molecule has 1 heterocycles. The van der Waals surface area contributed by atoms with Gasteiger partial charge in [-0.15, -0.1) is 0 Å². The van der Waals surface area contributed by atoms with Gasteiger partial charge in [-0.3, -0.25) is 4.79 Å². The second-order valence-corrected chi connectivity index (χ2v) is 5.89. The average molecular weight is 297 g/mol. The highest BCUT2D eigenvalue weighted by molar-refractivity contribution is 14.1. The van der Waals surface area contributed by atoms with Crippen molar-refractivity contribution >= 4 is 28.5 Å². The maximum Gasteiger partial charge on any atom is 0.225 e. The summed E-state index contributed by atoms with van der Waals surface area (Å²) < 4.78 is 12.3. The Kier molecular flexibility index (Phi) is 2.51. The van der Waals surface area contributed by atoms with Gasteiger partial charge in [-0.1, -0.05) is 0 Å². The van der Waals surface area contributed by atoms with Gasteiger partial charge in [0.25, 0.3) is 0 Å². The van der Waals surface area contributed by atoms with Crippen molar-refractivity contribution in [2.75, 3.05) is 13.1 Å². The zero-order valence-corrected chi connectivity index (χ0v) is 9.59. The first-order chi connectivity index (χ1) is 6.08. The highest BCUT2D eigenvalue weighted by atomic mass is 127. The minimum absolute atomic E-state index is 0.256. The molecule has 0 aromatic carbocycles. The Morgan fingerprint density at radius 2 is 1.92 bits per heavy atom. The molecule has 1 saturated carbocycles. The molecule has 2 rings (SSSR count). The van der Waals surface area contributed by atoms with Crippen molar-refractivity contribution in [3.63, 3.8) is 0 Å². The summed E-state index contributed by atoms with van der Waals surface area (Å²) in [6, 6.07) is 0. The third-order valence-corrected chi connectivity index (χ3v) is 3.81. The van der Waals surface area contributed by atoms with Gasteiger partial charge in [-0.25, -0.2) is 4.39 Å². The zero-order chi connectivity index (χ0) is 9.47. The second kappa shape index (κ2) is 3.37. The van der Waals surface area contributed by atoms with E-state index in [1.54, 1.807) is 0 Å². The van der Waals surface area contributed by atoms with Crippen LogP contribution in [0.4, 0.5) is 4.39 Å². The molecule has 0 N–H and O–H groups in total. The summed E-state index contributed by atoms with van der Waals surface area (Å²) in [4.78, 5) is 13.4. The first-order valence-electron chi connectivity index (χ1n) is 4.75. The fourth-order valence-electron chi connectivity index (χ4n) is 1.64. The van der Waals surface area contributed by atoms with E-state index in [-0.39, 0.29) is 11.8 Å². The zero-order valence-electron chi connectivity index (χ0n) is 7.43. The van der Waals surface area contributed by atoms with Gasteiger partial charge in [0.15, 0.2) is 3.68 Å². The lowest BCUT2D eigenvalue weighted by molar-refractivity contribution is -0.134. The normalized spacial score (nSPS) is 27.4. The van der Waals surface area contributed by atoms with Gasteiger partial charge in [0.1, 0.15) is 0 Å². The topological polar surface area (TPSA) is 20.3 Å². The van der Waals surface area contributed by atoms with E-state index in [2.05, 4.69) is 0 Å². The van der Waals surface area contributed by atoms with Crippen molar-refractivity contribution in [3.05, 3.63) is 0 Å². The van der Waals surface area contributed by atoms with Gasteiger partial charge in [-0.05, 0) is 35.4 Å². The van der Waals surface area contributed by atoms with Gasteiger partial charge < -0.3 is 4.90 Å². The number of alkyl halides is 2. The third-order valence-electron chi connectivity index (χ3n) is 2.73. The Balaban J connectivity index is 1.86. The van der Waals surface area contributed by atoms with E-state index < -0.39 is 3.68 Å². The predicted molar refractivity (Wildman–Crippen MR) is 56.4 cm³/mol. The SMILES string of the molecule is O=C(C1CC1)N1CCC(F)(I)CC1. The summed E-state index contributed by atoms with van der Waals surface area (Å²) in [5, 5.41) is 0. The predicted octanol–water partition coefficient (Wildman–Crippen LogP) is 2.12. The molecule has 13 heavy (non-hydrogen) atoms. The lowest BCUT2D eigenvalue weighted by Gasteiger charge is -2.33. The van der Waals surface area contributed by atoms with E-state index in [1.807, 2.05) is 27.5 Å². The number of likely N-dealkylation sites (tertiary alicyclic amines) is 1. The molecular formula is C9H13FINO. The molecule has 0 bridgehead atoms. The summed E-state index contributed by atoms with van der Waals surface area (Å²) in [6.07, 6.45) is 3.07. The van der Waals surface area contributed by atoms with Gasteiger partial charge in [-0.2, -0.15) is 0 Å². The molecule has 1 aliphatic heterocycles. The van der Waals surface area contributed by atoms with Crippen LogP contribution in [-0.2, 0) is 4.79 Å². The Morgan fingerprint density at radius 1 is 1.38 bits per heavy atom. The number of amides is 1. The molecular weight excluding hydrogens is 284 g/mol. The lowest BCUT2D eigenvalue weighted by Crippen LogP contribution is -2.42. The first kappa shape index (κ1) is 9.68. The molecule has 1 aliphatic carbocycles. The van der Waals surface area contributed by atoms with Crippen molar-refractivity contribution in [3.8, 4) is 0 Å². The molecule has 0 spiro atoms. The van der Waals surface area contributed by atoms with Crippen LogP contribution in [-0.4, -0.2) is 27.6 Å². The van der Waals surface area contributed by atoms with E-state index in [0.717, 1.165) is 12.8 Å². The Morgan fingerprint density at radius 3 is 2.38 bits per heavy atom. The molecule has 2 fully saturated rings. The summed E-state index contributed by atoms with van der Waals surface area (Å²) in [7, 11) is 0. The minimum Gasteiger partial charge on any atom is -0.342 e. The molecule has 0 aromatic rings. The number of piperidine rings is 1. The summed E-state index contributed by atoms with van der Waals surface area (Å²) >= 11 is 1.85. The van der Waals surface area contributed by atoms with Crippen LogP contribution in [0.15, 0.2) is 0 Å². The van der Waals surface area contributed by atoms with Gasteiger partial charge in [0.05, 0.1) is 0 Å². The molecule has 0 radical (unpaired) electrons. The maximum absolute atomic E-state index is 13.4. The quantitative estimate of drug-likeness (QED) is 0.536. The van der Waals surface area contributed by atoms with Crippen molar-refractivity contribution in [1.82, 2.24) is 4.90 Å². The Bertz CT molecular complexity index is 218. The molecule has 0 atom stereocenters. The molecule has 74 valence electrons. The molecule has 2 aliphatic rings. The fraction of sp³-hybridized carbons (Fsp3) is 0.889. The smallest absolute Gasteiger partial charge is 0.225 e. The van der Waals surface area contributed by atoms with Crippen LogP contribution in [0.3, 0.4) is 0 Å². The van der Waals surface area contributed by atoms with Gasteiger partial charge in [0.2, 0.25) is 5.91 Å². The number of hydrogen-bond acceptors (Lipinski definition) is 1. The molecule has 0 aromatic heterocycles. The average Bonchev–Trinajstić information content (AvgIpc) is 2.85. The number of halogens is 2. The van der Waals surface area contributed by atoms with Crippen molar-refractivity contribution in [1.29, 1.82) is 0 Å². The number of carbonyl (C=O) groups excluding carboxylic acids is 1. The monoisotopic (exact) mass is 297 g/mol. The molecule has 2 nitrogen and oxygen atoms in total. The van der Waals surface area contributed by atoms with Crippen molar-refractivity contribution < 1.29 is 9.18 Å². The maximum atomic E-state index is 13.4. The minimum atomic E-state index is -1.07. The first-order valence-corrected chi connectivity index (χ1v) is 5.83. The van der Waals surface area contributed by atoms with E-state index >= 15 is 0 Å². The van der Waals surface area contributed by atoms with Crippen LogP contribution < -0.4 is 0 Å². The summed E-state index contributed by atoms with van der Waals surface area (Å²) in [5.74, 6) is 0.535. The Labute approximate surface area is 91.0 Å². The fourth-order valence-corrected chi connectivity index (χ4v) is 2.13. The molecule has 1 amide bonds. The molecule has 1 saturated heterocycles. The van der Waals surface area contributed by atoms with Crippen molar-refractivity contribution in [2.24, 2.45) is 5.92 Å². The van der Waals surface area contributed by atoms with E-state index in [1.165, 1.54) is 0 Å².